The van der Waals surface area contributed by atoms with Gasteiger partial charge in [0.2, 0.25) is 0 Å². The maximum atomic E-state index is 10.7. The zero-order valence-corrected chi connectivity index (χ0v) is 7.20. The van der Waals surface area contributed by atoms with Crippen LogP contribution >= 0.6 is 0 Å². The third-order valence-electron chi connectivity index (χ3n) is 1.86. The van der Waals surface area contributed by atoms with Gasteiger partial charge in [-0.15, -0.1) is 0 Å². The van der Waals surface area contributed by atoms with Crippen molar-refractivity contribution in [3.8, 4) is 0 Å². The first-order valence-electron chi connectivity index (χ1n) is 3.92. The van der Waals surface area contributed by atoms with Crippen LogP contribution in [-0.2, 0) is 19.1 Å². The molecule has 0 amide bonds. The molecule has 0 N–H and O–H groups in total. The summed E-state index contributed by atoms with van der Waals surface area (Å²) < 4.78 is 9.64. The van der Waals surface area contributed by atoms with Gasteiger partial charge in [-0.3, -0.25) is 9.59 Å². The van der Waals surface area contributed by atoms with E-state index in [1.807, 2.05) is 6.92 Å². The molecule has 0 aliphatic carbocycles. The zero-order valence-electron chi connectivity index (χ0n) is 7.20. The third-order valence-corrected chi connectivity index (χ3v) is 1.86. The van der Waals surface area contributed by atoms with Gasteiger partial charge in [-0.05, 0) is 0 Å². The third kappa shape index (κ3) is 2.22. The fourth-order valence-electron chi connectivity index (χ4n) is 1.13. The van der Waals surface area contributed by atoms with Gasteiger partial charge in [0.15, 0.2) is 0 Å². The Morgan fingerprint density at radius 1 is 1.75 bits per heavy atom. The normalized spacial score (nSPS) is 28.3. The second-order valence-corrected chi connectivity index (χ2v) is 3.01. The molecule has 0 saturated carbocycles. The van der Waals surface area contributed by atoms with Crippen molar-refractivity contribution in [2.75, 3.05) is 6.61 Å². The fraction of sp³-hybridized carbons (Fsp3) is 0.750. The summed E-state index contributed by atoms with van der Waals surface area (Å²) in [5.41, 5.74) is 0. The van der Waals surface area contributed by atoms with E-state index in [4.69, 9.17) is 9.47 Å². The summed E-state index contributed by atoms with van der Waals surface area (Å²) in [6.07, 6.45) is 0.174. The molecule has 0 radical (unpaired) electrons. The van der Waals surface area contributed by atoms with Crippen molar-refractivity contribution in [2.45, 2.75) is 26.4 Å². The minimum absolute atomic E-state index is 0.150. The Morgan fingerprint density at radius 3 is 2.83 bits per heavy atom. The molecule has 0 aromatic heterocycles. The Morgan fingerprint density at radius 2 is 2.42 bits per heavy atom. The first-order chi connectivity index (χ1) is 5.59. The molecule has 0 spiro atoms. The molecule has 0 aromatic rings. The number of hydrogen-bond acceptors (Lipinski definition) is 4. The molecule has 4 nitrogen and oxygen atoms in total. The van der Waals surface area contributed by atoms with Crippen LogP contribution in [0.2, 0.25) is 0 Å². The summed E-state index contributed by atoms with van der Waals surface area (Å²) in [7, 11) is 0. The smallest absolute Gasteiger partial charge is 0.306 e. The molecule has 1 fully saturated rings. The maximum absolute atomic E-state index is 10.7. The van der Waals surface area contributed by atoms with Crippen molar-refractivity contribution in [3.05, 3.63) is 0 Å². The van der Waals surface area contributed by atoms with E-state index in [-0.39, 0.29) is 30.6 Å². The minimum atomic E-state index is -0.342. The Kier molecular flexibility index (Phi) is 2.68. The Hall–Kier alpha value is -1.06. The van der Waals surface area contributed by atoms with E-state index in [1.165, 1.54) is 6.92 Å². The summed E-state index contributed by atoms with van der Waals surface area (Å²) in [5.74, 6) is -0.401. The second-order valence-electron chi connectivity index (χ2n) is 3.01. The molecule has 68 valence electrons. The van der Waals surface area contributed by atoms with E-state index in [0.29, 0.717) is 6.42 Å². The largest absolute Gasteiger partial charge is 0.462 e. The van der Waals surface area contributed by atoms with Gasteiger partial charge in [0.05, 0.1) is 6.42 Å². The highest BCUT2D eigenvalue weighted by atomic mass is 16.6. The summed E-state index contributed by atoms with van der Waals surface area (Å²) in [6.45, 7) is 3.42. The molecule has 1 rings (SSSR count). The van der Waals surface area contributed by atoms with Crippen LogP contribution in [0, 0.1) is 5.92 Å². The highest BCUT2D eigenvalue weighted by Gasteiger charge is 2.31. The van der Waals surface area contributed by atoms with Crippen LogP contribution in [0.3, 0.4) is 0 Å². The van der Waals surface area contributed by atoms with Gasteiger partial charge in [0, 0.05) is 12.8 Å². The molecule has 0 unspecified atom stereocenters. The van der Waals surface area contributed by atoms with Crippen LogP contribution in [0.5, 0.6) is 0 Å². The van der Waals surface area contributed by atoms with E-state index < -0.39 is 0 Å². The van der Waals surface area contributed by atoms with Gasteiger partial charge in [0.25, 0.3) is 0 Å². The van der Waals surface area contributed by atoms with Gasteiger partial charge in [0.1, 0.15) is 12.7 Å². The highest BCUT2D eigenvalue weighted by molar-refractivity contribution is 5.72. The Labute approximate surface area is 70.8 Å². The molecule has 1 aliphatic heterocycles. The van der Waals surface area contributed by atoms with Crippen molar-refractivity contribution in [2.24, 2.45) is 5.92 Å². The summed E-state index contributed by atoms with van der Waals surface area (Å²) in [6, 6.07) is 0. The number of hydrogen-bond donors (Lipinski definition) is 0. The van der Waals surface area contributed by atoms with Crippen LogP contribution < -0.4 is 0 Å². The SMILES string of the molecule is CC(=O)OC[C@@H]1OC(=O)C[C@H]1C. The molecule has 1 saturated heterocycles. The topological polar surface area (TPSA) is 52.6 Å². The van der Waals surface area contributed by atoms with Gasteiger partial charge >= 0.3 is 11.9 Å². The lowest BCUT2D eigenvalue weighted by Gasteiger charge is -2.12. The van der Waals surface area contributed by atoms with Crippen LogP contribution in [0.25, 0.3) is 0 Å². The second kappa shape index (κ2) is 3.56. The zero-order chi connectivity index (χ0) is 9.14. The minimum Gasteiger partial charge on any atom is -0.462 e. The van der Waals surface area contributed by atoms with Crippen LogP contribution in [0.1, 0.15) is 20.3 Å². The Bertz CT molecular complexity index is 199. The highest BCUT2D eigenvalue weighted by Crippen LogP contribution is 2.21. The van der Waals surface area contributed by atoms with Gasteiger partial charge in [-0.1, -0.05) is 6.92 Å². The fourth-order valence-corrected chi connectivity index (χ4v) is 1.13. The summed E-state index contributed by atoms with van der Waals surface area (Å²) in [4.78, 5) is 21.2. The average molecular weight is 172 g/mol. The monoisotopic (exact) mass is 172 g/mol. The van der Waals surface area contributed by atoms with Crippen LogP contribution in [-0.4, -0.2) is 24.6 Å². The molecule has 4 heteroatoms. The number of rotatable bonds is 2. The van der Waals surface area contributed by atoms with E-state index >= 15 is 0 Å². The van der Waals surface area contributed by atoms with Crippen LogP contribution in [0.4, 0.5) is 0 Å². The van der Waals surface area contributed by atoms with Crippen molar-refractivity contribution in [1.29, 1.82) is 0 Å². The molecular formula is C8H12O4. The lowest BCUT2D eigenvalue weighted by Crippen LogP contribution is -2.22. The molecule has 2 atom stereocenters. The quantitative estimate of drug-likeness (QED) is 0.569. The predicted octanol–water partition coefficient (Wildman–Crippen LogP) is 0.501. The Balaban J connectivity index is 2.33. The molecule has 12 heavy (non-hydrogen) atoms. The molecule has 1 heterocycles. The van der Waals surface area contributed by atoms with E-state index in [2.05, 4.69) is 0 Å². The van der Waals surface area contributed by atoms with Crippen molar-refractivity contribution < 1.29 is 19.1 Å². The standard InChI is InChI=1S/C8H12O4/c1-5-3-8(10)12-7(5)4-11-6(2)9/h5,7H,3-4H2,1-2H3/t5-,7+/m1/s1. The van der Waals surface area contributed by atoms with E-state index in [0.717, 1.165) is 0 Å². The first-order valence-corrected chi connectivity index (χ1v) is 3.92. The number of cyclic esters (lactones) is 1. The molecule has 0 bridgehead atoms. The summed E-state index contributed by atoms with van der Waals surface area (Å²) >= 11 is 0. The summed E-state index contributed by atoms with van der Waals surface area (Å²) in [5, 5.41) is 0. The predicted molar refractivity (Wildman–Crippen MR) is 40.3 cm³/mol. The van der Waals surface area contributed by atoms with E-state index in [9.17, 15) is 9.59 Å². The first kappa shape index (κ1) is 9.03. The van der Waals surface area contributed by atoms with Crippen LogP contribution in [0.15, 0.2) is 0 Å². The molecule has 1 aliphatic rings. The lowest BCUT2D eigenvalue weighted by atomic mass is 10.1. The van der Waals surface area contributed by atoms with Gasteiger partial charge < -0.3 is 9.47 Å². The molecular weight excluding hydrogens is 160 g/mol. The molecule has 0 aromatic carbocycles. The number of carbonyl (C=O) groups is 2. The van der Waals surface area contributed by atoms with Crippen molar-refractivity contribution in [3.63, 3.8) is 0 Å². The van der Waals surface area contributed by atoms with Gasteiger partial charge in [-0.2, -0.15) is 0 Å². The number of carbonyl (C=O) groups excluding carboxylic acids is 2. The van der Waals surface area contributed by atoms with Crippen molar-refractivity contribution in [1.82, 2.24) is 0 Å². The maximum Gasteiger partial charge on any atom is 0.306 e. The van der Waals surface area contributed by atoms with E-state index in [1.54, 1.807) is 0 Å². The number of esters is 2. The van der Waals surface area contributed by atoms with Crippen molar-refractivity contribution >= 4 is 11.9 Å². The average Bonchev–Trinajstić information content (AvgIpc) is 2.26. The van der Waals surface area contributed by atoms with Gasteiger partial charge in [-0.25, -0.2) is 0 Å². The lowest BCUT2D eigenvalue weighted by molar-refractivity contribution is -0.151. The number of ether oxygens (including phenoxy) is 2.